The third-order valence-corrected chi connectivity index (χ3v) is 4.68. The maximum absolute atomic E-state index is 12.4. The van der Waals surface area contributed by atoms with Gasteiger partial charge in [-0.3, -0.25) is 9.59 Å². The van der Waals surface area contributed by atoms with Crippen LogP contribution in [-0.4, -0.2) is 17.9 Å². The van der Waals surface area contributed by atoms with E-state index in [2.05, 4.69) is 26.6 Å². The summed E-state index contributed by atoms with van der Waals surface area (Å²) in [6.07, 6.45) is 0.856. The Balaban J connectivity index is 2.13. The molecular weight excluding hydrogens is 368 g/mol. The molecule has 0 aromatic heterocycles. The number of rotatable bonds is 5. The predicted molar refractivity (Wildman–Crippen MR) is 100 cm³/mol. The van der Waals surface area contributed by atoms with E-state index in [9.17, 15) is 9.59 Å². The minimum atomic E-state index is -0.241. The number of hydrogen-bond donors (Lipinski definition) is 2. The van der Waals surface area contributed by atoms with E-state index in [1.165, 1.54) is 0 Å². The van der Waals surface area contributed by atoms with E-state index < -0.39 is 0 Å². The molecule has 0 saturated carbocycles. The lowest BCUT2D eigenvalue weighted by Crippen LogP contribution is -2.32. The van der Waals surface area contributed by atoms with Crippen LogP contribution >= 0.6 is 15.9 Å². The van der Waals surface area contributed by atoms with Gasteiger partial charge < -0.3 is 10.6 Å². The molecule has 2 N–H and O–H groups in total. The summed E-state index contributed by atoms with van der Waals surface area (Å²) < 4.78 is 0.990. The topological polar surface area (TPSA) is 58.2 Å². The summed E-state index contributed by atoms with van der Waals surface area (Å²) in [7, 11) is 0. The third-order valence-electron chi connectivity index (χ3n) is 3.79. The molecule has 0 heterocycles. The van der Waals surface area contributed by atoms with Crippen molar-refractivity contribution in [1.82, 2.24) is 5.32 Å². The number of amides is 2. The Morgan fingerprint density at radius 1 is 1.08 bits per heavy atom. The molecule has 5 heteroatoms. The number of aryl methyl sites for hydroxylation is 1. The average Bonchev–Trinajstić information content (AvgIpc) is 2.58. The highest BCUT2D eigenvalue weighted by Crippen LogP contribution is 2.20. The van der Waals surface area contributed by atoms with E-state index in [1.54, 1.807) is 24.3 Å². The highest BCUT2D eigenvalue weighted by Gasteiger charge is 2.12. The van der Waals surface area contributed by atoms with Crippen molar-refractivity contribution in [3.63, 3.8) is 0 Å². The Morgan fingerprint density at radius 2 is 1.75 bits per heavy atom. The zero-order chi connectivity index (χ0) is 17.7. The molecule has 2 rings (SSSR count). The van der Waals surface area contributed by atoms with Gasteiger partial charge >= 0.3 is 0 Å². The van der Waals surface area contributed by atoms with E-state index in [0.717, 1.165) is 22.1 Å². The lowest BCUT2D eigenvalue weighted by molar-refractivity contribution is 0.0939. The average molecular weight is 389 g/mol. The molecule has 0 bridgehead atoms. The van der Waals surface area contributed by atoms with Gasteiger partial charge in [-0.1, -0.05) is 28.9 Å². The van der Waals surface area contributed by atoms with Crippen LogP contribution in [0.1, 0.15) is 46.5 Å². The van der Waals surface area contributed by atoms with Crippen molar-refractivity contribution in [3.8, 4) is 0 Å². The molecule has 2 aromatic rings. The van der Waals surface area contributed by atoms with E-state index in [4.69, 9.17) is 0 Å². The summed E-state index contributed by atoms with van der Waals surface area (Å²) in [4.78, 5) is 24.6. The summed E-state index contributed by atoms with van der Waals surface area (Å²) >= 11 is 3.43. The molecule has 2 aromatic carbocycles. The van der Waals surface area contributed by atoms with Gasteiger partial charge in [-0.25, -0.2) is 0 Å². The second-order valence-electron chi connectivity index (χ2n) is 5.78. The molecule has 126 valence electrons. The zero-order valence-corrected chi connectivity index (χ0v) is 15.6. The summed E-state index contributed by atoms with van der Waals surface area (Å²) in [5, 5.41) is 5.75. The van der Waals surface area contributed by atoms with E-state index in [0.29, 0.717) is 11.1 Å². The third kappa shape index (κ3) is 4.68. The smallest absolute Gasteiger partial charge is 0.255 e. The number of hydrogen-bond acceptors (Lipinski definition) is 2. The van der Waals surface area contributed by atoms with Crippen molar-refractivity contribution in [2.75, 3.05) is 5.32 Å². The summed E-state index contributed by atoms with van der Waals surface area (Å²) in [5.41, 5.74) is 2.69. The first kappa shape index (κ1) is 18.2. The number of carbonyl (C=O) groups excluding carboxylic acids is 2. The first-order chi connectivity index (χ1) is 11.4. The molecule has 1 atom stereocenters. The molecule has 0 saturated heterocycles. The van der Waals surface area contributed by atoms with Crippen LogP contribution in [0.3, 0.4) is 0 Å². The van der Waals surface area contributed by atoms with Crippen LogP contribution < -0.4 is 10.6 Å². The summed E-state index contributed by atoms with van der Waals surface area (Å²) in [6.45, 7) is 5.92. The molecule has 2 amide bonds. The Hall–Kier alpha value is -2.14. The van der Waals surface area contributed by atoms with Crippen molar-refractivity contribution in [1.29, 1.82) is 0 Å². The standard InChI is InChI=1S/C19H21BrN2O2/c1-4-13(3)21-18(23)14-6-5-7-15(11-14)19(24)22-16-8-9-17(20)12(2)10-16/h5-11,13H,4H2,1-3H3,(H,21,23)(H,22,24). The number of carbonyl (C=O) groups is 2. The van der Waals surface area contributed by atoms with Crippen LogP contribution in [-0.2, 0) is 0 Å². The van der Waals surface area contributed by atoms with E-state index in [1.807, 2.05) is 39.0 Å². The first-order valence-corrected chi connectivity index (χ1v) is 8.68. The SMILES string of the molecule is CCC(C)NC(=O)c1cccc(C(=O)Nc2ccc(Br)c(C)c2)c1. The Bertz CT molecular complexity index is 759. The van der Waals surface area contributed by atoms with Gasteiger partial charge in [0.15, 0.2) is 0 Å². The van der Waals surface area contributed by atoms with Gasteiger partial charge in [-0.15, -0.1) is 0 Å². The van der Waals surface area contributed by atoms with Gasteiger partial charge in [0.2, 0.25) is 0 Å². The van der Waals surface area contributed by atoms with Crippen molar-refractivity contribution in [2.45, 2.75) is 33.2 Å². The van der Waals surface area contributed by atoms with Crippen LogP contribution in [0.15, 0.2) is 46.9 Å². The monoisotopic (exact) mass is 388 g/mol. The van der Waals surface area contributed by atoms with Gasteiger partial charge in [0, 0.05) is 27.3 Å². The van der Waals surface area contributed by atoms with Crippen LogP contribution in [0.4, 0.5) is 5.69 Å². The Morgan fingerprint density at radius 3 is 2.38 bits per heavy atom. The minimum Gasteiger partial charge on any atom is -0.350 e. The second kappa shape index (κ2) is 8.11. The summed E-state index contributed by atoms with van der Waals surface area (Å²) in [5.74, 6) is -0.409. The van der Waals surface area contributed by atoms with E-state index in [-0.39, 0.29) is 17.9 Å². The van der Waals surface area contributed by atoms with Gasteiger partial charge in [-0.05, 0) is 62.2 Å². The van der Waals surface area contributed by atoms with E-state index >= 15 is 0 Å². The first-order valence-electron chi connectivity index (χ1n) is 7.89. The van der Waals surface area contributed by atoms with Crippen LogP contribution in [0.5, 0.6) is 0 Å². The highest BCUT2D eigenvalue weighted by molar-refractivity contribution is 9.10. The molecule has 4 nitrogen and oxygen atoms in total. The molecular formula is C19H21BrN2O2. The van der Waals surface area contributed by atoms with Crippen LogP contribution in [0.25, 0.3) is 0 Å². The van der Waals surface area contributed by atoms with Crippen molar-refractivity contribution in [2.24, 2.45) is 0 Å². The maximum Gasteiger partial charge on any atom is 0.255 e. The van der Waals surface area contributed by atoms with Crippen LogP contribution in [0, 0.1) is 6.92 Å². The fraction of sp³-hybridized carbons (Fsp3) is 0.263. The Labute approximate surface area is 150 Å². The molecule has 1 unspecified atom stereocenters. The molecule has 0 aliphatic rings. The second-order valence-corrected chi connectivity index (χ2v) is 6.64. The molecule has 0 spiro atoms. The van der Waals surface area contributed by atoms with Gasteiger partial charge in [0.1, 0.15) is 0 Å². The van der Waals surface area contributed by atoms with Gasteiger partial charge in [0.25, 0.3) is 11.8 Å². The minimum absolute atomic E-state index is 0.0979. The number of anilines is 1. The van der Waals surface area contributed by atoms with Crippen LogP contribution in [0.2, 0.25) is 0 Å². The summed E-state index contributed by atoms with van der Waals surface area (Å²) in [6, 6.07) is 12.4. The molecule has 24 heavy (non-hydrogen) atoms. The number of nitrogens with one attached hydrogen (secondary N) is 2. The van der Waals surface area contributed by atoms with Crippen molar-refractivity contribution < 1.29 is 9.59 Å². The maximum atomic E-state index is 12.4. The molecule has 0 aliphatic heterocycles. The van der Waals surface area contributed by atoms with Crippen molar-refractivity contribution >= 4 is 33.4 Å². The van der Waals surface area contributed by atoms with Gasteiger partial charge in [0.05, 0.1) is 0 Å². The molecule has 0 radical (unpaired) electrons. The normalized spacial score (nSPS) is 11.7. The fourth-order valence-electron chi connectivity index (χ4n) is 2.14. The molecule has 0 fully saturated rings. The molecule has 0 aliphatic carbocycles. The predicted octanol–water partition coefficient (Wildman–Crippen LogP) is 4.54. The number of benzene rings is 2. The lowest BCUT2D eigenvalue weighted by Gasteiger charge is -2.12. The fourth-order valence-corrected chi connectivity index (χ4v) is 2.38. The largest absolute Gasteiger partial charge is 0.350 e. The van der Waals surface area contributed by atoms with Crippen molar-refractivity contribution in [3.05, 3.63) is 63.6 Å². The lowest BCUT2D eigenvalue weighted by atomic mass is 10.1. The highest BCUT2D eigenvalue weighted by atomic mass is 79.9. The number of halogens is 1. The van der Waals surface area contributed by atoms with Gasteiger partial charge in [-0.2, -0.15) is 0 Å². The quantitative estimate of drug-likeness (QED) is 0.789. The zero-order valence-electron chi connectivity index (χ0n) is 14.0. The Kier molecular flexibility index (Phi) is 6.15.